The molecule has 0 unspecified atom stereocenters. The standard InChI is InChI=1S/C15H21BN6.Fe.I/c1-7-13(8(2)18-17-7)16(14-9(3)19-20-10(14)4)15-11(5)21-22-12(15)6;;/h1-6H3,(H,17,18)(H,19,20)(H,21,22);;. The Kier molecular flexibility index (Phi) is 6.89. The van der Waals surface area contributed by atoms with Gasteiger partial charge in [-0.15, -0.1) is 0 Å². The average Bonchev–Trinajstić information content (AvgIpc) is 3.08. The first-order valence-electron chi connectivity index (χ1n) is 7.46. The summed E-state index contributed by atoms with van der Waals surface area (Å²) < 4.78 is 0. The van der Waals surface area contributed by atoms with Gasteiger partial charge in [0.25, 0.3) is 6.71 Å². The van der Waals surface area contributed by atoms with E-state index in [4.69, 9.17) is 0 Å². The summed E-state index contributed by atoms with van der Waals surface area (Å²) in [5, 5.41) is 22.5. The molecule has 6 nitrogen and oxygen atoms in total. The number of aryl methyl sites for hydroxylation is 6. The van der Waals surface area contributed by atoms with Crippen molar-refractivity contribution < 1.29 is 17.1 Å². The molecule has 3 aromatic heterocycles. The molecular formula is C15H21BFeIN6. The SMILES string of the molecule is Cc1n[nH]c(C)c1B(c1c(C)n[nH]c1C)c1c(C)n[nH]c1C.[Fe].[I]. The third-order valence-electron chi connectivity index (χ3n) is 4.42. The summed E-state index contributed by atoms with van der Waals surface area (Å²) in [4.78, 5) is 0. The van der Waals surface area contributed by atoms with Gasteiger partial charge in [-0.25, -0.2) is 0 Å². The van der Waals surface area contributed by atoms with Crippen molar-refractivity contribution in [2.45, 2.75) is 41.5 Å². The molecule has 9 heteroatoms. The second-order valence-corrected chi connectivity index (χ2v) is 5.98. The predicted octanol–water partition coefficient (Wildman–Crippen LogP) is 1.11. The Balaban J connectivity index is 0.00000144. The van der Waals surface area contributed by atoms with Crippen LogP contribution >= 0.6 is 24.0 Å². The fraction of sp³-hybridized carbons (Fsp3) is 0.400. The molecule has 0 fully saturated rings. The minimum atomic E-state index is 0. The van der Waals surface area contributed by atoms with Gasteiger partial charge < -0.3 is 0 Å². The van der Waals surface area contributed by atoms with Crippen molar-refractivity contribution in [1.29, 1.82) is 0 Å². The first-order chi connectivity index (χ1) is 10.4. The van der Waals surface area contributed by atoms with Crippen LogP contribution in [-0.4, -0.2) is 37.3 Å². The molecule has 0 atom stereocenters. The van der Waals surface area contributed by atoms with Crippen LogP contribution in [0.15, 0.2) is 0 Å². The van der Waals surface area contributed by atoms with Crippen molar-refractivity contribution >= 4 is 47.1 Å². The second-order valence-electron chi connectivity index (χ2n) is 5.98. The fourth-order valence-corrected chi connectivity index (χ4v) is 3.39. The number of H-pyrrole nitrogens is 3. The van der Waals surface area contributed by atoms with E-state index >= 15 is 0 Å². The van der Waals surface area contributed by atoms with Crippen molar-refractivity contribution in [1.82, 2.24) is 30.6 Å². The van der Waals surface area contributed by atoms with Crippen LogP contribution in [0.5, 0.6) is 0 Å². The van der Waals surface area contributed by atoms with Crippen LogP contribution in [0.4, 0.5) is 0 Å². The van der Waals surface area contributed by atoms with Crippen molar-refractivity contribution in [3.05, 3.63) is 34.2 Å². The molecule has 0 bridgehead atoms. The van der Waals surface area contributed by atoms with E-state index in [1.54, 1.807) is 0 Å². The minimum absolute atomic E-state index is 0. The number of halogens is 1. The van der Waals surface area contributed by atoms with Gasteiger partial charge in [0.1, 0.15) is 0 Å². The van der Waals surface area contributed by atoms with Gasteiger partial charge in [0.05, 0.1) is 17.1 Å². The van der Waals surface area contributed by atoms with E-state index in [1.807, 2.05) is 20.8 Å². The number of aromatic nitrogens is 6. The second kappa shape index (κ2) is 7.88. The van der Waals surface area contributed by atoms with Gasteiger partial charge in [-0.05, 0) is 57.9 Å². The van der Waals surface area contributed by atoms with Gasteiger partial charge in [-0.3, -0.25) is 15.3 Å². The summed E-state index contributed by atoms with van der Waals surface area (Å²) in [7, 11) is 0. The maximum atomic E-state index is 4.39. The molecule has 0 aliphatic heterocycles. The van der Waals surface area contributed by atoms with E-state index in [0.717, 1.165) is 34.2 Å². The monoisotopic (exact) mass is 479 g/mol. The predicted molar refractivity (Wildman–Crippen MR) is 103 cm³/mol. The van der Waals surface area contributed by atoms with Crippen molar-refractivity contribution in [2.24, 2.45) is 0 Å². The Labute approximate surface area is 169 Å². The Morgan fingerprint density at radius 2 is 0.833 bits per heavy atom. The van der Waals surface area contributed by atoms with Gasteiger partial charge in [0.2, 0.25) is 0 Å². The summed E-state index contributed by atoms with van der Waals surface area (Å²) in [6.45, 7) is 12.4. The normalized spacial score (nSPS) is 10.2. The van der Waals surface area contributed by atoms with E-state index in [0.29, 0.717) is 0 Å². The molecule has 3 rings (SSSR count). The molecule has 3 heterocycles. The van der Waals surface area contributed by atoms with E-state index < -0.39 is 0 Å². The Bertz CT molecular complexity index is 669. The van der Waals surface area contributed by atoms with E-state index in [9.17, 15) is 0 Å². The van der Waals surface area contributed by atoms with Crippen LogP contribution < -0.4 is 16.4 Å². The first-order valence-corrected chi connectivity index (χ1v) is 7.46. The van der Waals surface area contributed by atoms with E-state index in [-0.39, 0.29) is 47.8 Å². The van der Waals surface area contributed by atoms with Gasteiger partial charge in [0, 0.05) is 58.1 Å². The molecule has 0 amide bonds. The fourth-order valence-electron chi connectivity index (χ4n) is 3.39. The third kappa shape index (κ3) is 3.34. The van der Waals surface area contributed by atoms with Gasteiger partial charge in [0.15, 0.2) is 0 Å². The average molecular weight is 479 g/mol. The maximum Gasteiger partial charge on any atom is 0.255 e. The Morgan fingerprint density at radius 3 is 1.00 bits per heavy atom. The third-order valence-corrected chi connectivity index (χ3v) is 4.42. The largest absolute Gasteiger partial charge is 0.283 e. The molecule has 0 aromatic carbocycles. The van der Waals surface area contributed by atoms with Crippen LogP contribution in [0, 0.1) is 41.5 Å². The summed E-state index contributed by atoms with van der Waals surface area (Å²) in [5.41, 5.74) is 9.93. The smallest absolute Gasteiger partial charge is 0.255 e. The number of aromatic amines is 3. The zero-order valence-corrected chi connectivity index (χ0v) is 17.9. The Hall–Kier alpha value is -1.06. The number of hydrogen-bond acceptors (Lipinski definition) is 3. The topological polar surface area (TPSA) is 86.0 Å². The zero-order valence-electron chi connectivity index (χ0n) is 14.7. The van der Waals surface area contributed by atoms with Crippen molar-refractivity contribution in [3.8, 4) is 0 Å². The van der Waals surface area contributed by atoms with Gasteiger partial charge in [-0.1, -0.05) is 0 Å². The van der Waals surface area contributed by atoms with E-state index in [1.165, 1.54) is 16.4 Å². The molecule has 0 aliphatic carbocycles. The molecule has 129 valence electrons. The van der Waals surface area contributed by atoms with Gasteiger partial charge in [-0.2, -0.15) is 15.3 Å². The minimum Gasteiger partial charge on any atom is -0.283 e. The molecule has 24 heavy (non-hydrogen) atoms. The van der Waals surface area contributed by atoms with E-state index in [2.05, 4.69) is 51.4 Å². The van der Waals surface area contributed by atoms with Crippen molar-refractivity contribution in [2.75, 3.05) is 0 Å². The number of nitrogens with zero attached hydrogens (tertiary/aromatic N) is 3. The molecule has 0 saturated carbocycles. The summed E-state index contributed by atoms with van der Waals surface area (Å²) >= 11 is 0. The molecule has 3 N–H and O–H groups in total. The molecular weight excluding hydrogens is 458 g/mol. The van der Waals surface area contributed by atoms with Crippen LogP contribution in [0.3, 0.4) is 0 Å². The molecule has 0 aliphatic rings. The summed E-state index contributed by atoms with van der Waals surface area (Å²) in [6, 6.07) is 0. The summed E-state index contributed by atoms with van der Waals surface area (Å²) in [6.07, 6.45) is 0. The van der Waals surface area contributed by atoms with Crippen LogP contribution in [-0.2, 0) is 17.1 Å². The summed E-state index contributed by atoms with van der Waals surface area (Å²) in [5.74, 6) is 0. The van der Waals surface area contributed by atoms with Crippen LogP contribution in [0.25, 0.3) is 0 Å². The van der Waals surface area contributed by atoms with Crippen molar-refractivity contribution in [3.63, 3.8) is 0 Å². The Morgan fingerprint density at radius 1 is 0.583 bits per heavy atom. The van der Waals surface area contributed by atoms with Gasteiger partial charge >= 0.3 is 0 Å². The van der Waals surface area contributed by atoms with Crippen LogP contribution in [0.1, 0.15) is 34.2 Å². The molecule has 0 saturated heterocycles. The quantitative estimate of drug-likeness (QED) is 0.389. The van der Waals surface area contributed by atoms with Crippen LogP contribution in [0.2, 0.25) is 0 Å². The maximum absolute atomic E-state index is 4.39. The number of hydrogen-bond donors (Lipinski definition) is 3. The number of nitrogens with one attached hydrogen (secondary N) is 3. The molecule has 0 spiro atoms. The molecule has 3 aromatic rings. The molecule has 1 radical (unpaired) electrons. The first kappa shape index (κ1) is 21.0. The zero-order chi connectivity index (χ0) is 16.0. The number of rotatable bonds is 3.